The van der Waals surface area contributed by atoms with Gasteiger partial charge in [0.15, 0.2) is 5.88 Å². The molecule has 0 bridgehead atoms. The molecule has 0 aromatic heterocycles. The van der Waals surface area contributed by atoms with E-state index in [0.29, 0.717) is 24.6 Å². The Labute approximate surface area is 136 Å². The van der Waals surface area contributed by atoms with Crippen LogP contribution in [0, 0.1) is 11.8 Å². The van der Waals surface area contributed by atoms with E-state index in [0.717, 1.165) is 24.1 Å². The highest BCUT2D eigenvalue weighted by Gasteiger charge is 2.14. The number of aliphatic hydroxyl groups is 2. The fourth-order valence-electron chi connectivity index (χ4n) is 2.14. The summed E-state index contributed by atoms with van der Waals surface area (Å²) in [7, 11) is 0. The lowest BCUT2D eigenvalue weighted by atomic mass is 10.0. The second-order valence-corrected chi connectivity index (χ2v) is 6.37. The number of nitrogens with zero attached hydrogens (tertiary/aromatic N) is 1. The zero-order valence-corrected chi connectivity index (χ0v) is 14.9. The van der Waals surface area contributed by atoms with Gasteiger partial charge in [-0.3, -0.25) is 0 Å². The molecule has 0 heterocycles. The van der Waals surface area contributed by atoms with Gasteiger partial charge in [-0.1, -0.05) is 59.4 Å². The number of rotatable bonds is 10. The molecule has 126 valence electrons. The fraction of sp³-hybridized carbons (Fsp3) is 0.579. The summed E-state index contributed by atoms with van der Waals surface area (Å²) in [6, 6.07) is 0. The minimum absolute atomic E-state index is 0.158. The van der Waals surface area contributed by atoms with Gasteiger partial charge in [-0.15, -0.1) is 0 Å². The maximum absolute atomic E-state index is 10.5. The smallest absolute Gasteiger partial charge is 0.187 e. The summed E-state index contributed by atoms with van der Waals surface area (Å²) in [6.07, 6.45) is 4.77. The van der Waals surface area contributed by atoms with Gasteiger partial charge in [-0.25, -0.2) is 0 Å². The van der Waals surface area contributed by atoms with E-state index >= 15 is 0 Å². The van der Waals surface area contributed by atoms with Crippen LogP contribution in [0.4, 0.5) is 0 Å². The van der Waals surface area contributed by atoms with Crippen LogP contribution in [-0.4, -0.2) is 28.2 Å². The molecule has 0 atom stereocenters. The van der Waals surface area contributed by atoms with Crippen molar-refractivity contribution in [1.29, 1.82) is 0 Å². The molecule has 2 N–H and O–H groups in total. The first-order valence-corrected chi connectivity index (χ1v) is 8.10. The normalized spacial score (nSPS) is 13.3. The third-order valence-corrected chi connectivity index (χ3v) is 3.48. The van der Waals surface area contributed by atoms with Gasteiger partial charge >= 0.3 is 0 Å². The molecule has 0 fully saturated rings. The van der Waals surface area contributed by atoms with Crippen LogP contribution in [-0.2, 0) is 0 Å². The Morgan fingerprint density at radius 1 is 1.18 bits per heavy atom. The summed E-state index contributed by atoms with van der Waals surface area (Å²) in [6.45, 7) is 19.2. The summed E-state index contributed by atoms with van der Waals surface area (Å²) in [5.41, 5.74) is 1.74. The van der Waals surface area contributed by atoms with Crippen LogP contribution in [0.25, 0.3) is 0 Å². The number of hydrogen-bond donors (Lipinski definition) is 2. The first-order chi connectivity index (χ1) is 10.2. The Hall–Kier alpha value is -1.64. The standard InChI is InChI=1S/C19H33NO2/c1-8-16(7)10-11-20(13-14(3)4)19(22)12-17(15(5)6)18(21)9-2/h8,12,14-15,21-22H,1,7,9-11,13H2,2-6H3/b18-17-,19-12-. The van der Waals surface area contributed by atoms with E-state index in [-0.39, 0.29) is 11.8 Å². The number of hydrogen-bond acceptors (Lipinski definition) is 3. The number of allylic oxidation sites excluding steroid dienone is 4. The van der Waals surface area contributed by atoms with Crippen molar-refractivity contribution in [2.75, 3.05) is 13.1 Å². The largest absolute Gasteiger partial charge is 0.512 e. The van der Waals surface area contributed by atoms with E-state index < -0.39 is 0 Å². The van der Waals surface area contributed by atoms with Crippen LogP contribution in [0.3, 0.4) is 0 Å². The molecular weight excluding hydrogens is 274 g/mol. The molecule has 0 radical (unpaired) electrons. The minimum atomic E-state index is 0.158. The van der Waals surface area contributed by atoms with Gasteiger partial charge in [0.1, 0.15) is 0 Å². The zero-order chi connectivity index (χ0) is 17.3. The lowest BCUT2D eigenvalue weighted by Crippen LogP contribution is -2.28. The monoisotopic (exact) mass is 307 g/mol. The molecule has 0 amide bonds. The Balaban J connectivity index is 5.29. The van der Waals surface area contributed by atoms with Crippen LogP contribution in [0.15, 0.2) is 48.1 Å². The average Bonchev–Trinajstić information content (AvgIpc) is 2.46. The van der Waals surface area contributed by atoms with Crippen molar-refractivity contribution in [3.05, 3.63) is 48.1 Å². The summed E-state index contributed by atoms with van der Waals surface area (Å²) in [4.78, 5) is 1.94. The highest BCUT2D eigenvalue weighted by atomic mass is 16.3. The average molecular weight is 307 g/mol. The van der Waals surface area contributed by atoms with Crippen molar-refractivity contribution in [2.24, 2.45) is 11.8 Å². The molecule has 0 aliphatic rings. The molecule has 0 spiro atoms. The zero-order valence-electron chi connectivity index (χ0n) is 14.9. The van der Waals surface area contributed by atoms with Crippen molar-refractivity contribution in [3.63, 3.8) is 0 Å². The van der Waals surface area contributed by atoms with Gasteiger partial charge in [-0.2, -0.15) is 0 Å². The van der Waals surface area contributed by atoms with Gasteiger partial charge in [0.25, 0.3) is 0 Å². The molecule has 22 heavy (non-hydrogen) atoms. The van der Waals surface area contributed by atoms with Crippen molar-refractivity contribution in [3.8, 4) is 0 Å². The first-order valence-electron chi connectivity index (χ1n) is 8.10. The van der Waals surface area contributed by atoms with Crippen molar-refractivity contribution in [1.82, 2.24) is 4.90 Å². The van der Waals surface area contributed by atoms with Crippen LogP contribution >= 0.6 is 0 Å². The molecule has 0 aliphatic carbocycles. The van der Waals surface area contributed by atoms with Crippen LogP contribution < -0.4 is 0 Å². The SMILES string of the molecule is C=CC(=C)CCN(CC(C)C)/C(O)=C/C(=C(/O)CC)C(C)C. The van der Waals surface area contributed by atoms with Crippen LogP contribution in [0.2, 0.25) is 0 Å². The van der Waals surface area contributed by atoms with E-state index in [1.54, 1.807) is 12.2 Å². The Morgan fingerprint density at radius 2 is 1.77 bits per heavy atom. The molecule has 0 unspecified atom stereocenters. The van der Waals surface area contributed by atoms with Gasteiger partial charge in [0, 0.05) is 25.6 Å². The lowest BCUT2D eigenvalue weighted by Gasteiger charge is -2.26. The summed E-state index contributed by atoms with van der Waals surface area (Å²) < 4.78 is 0. The molecular formula is C19H33NO2. The molecule has 0 aliphatic heterocycles. The maximum Gasteiger partial charge on any atom is 0.187 e. The molecule has 3 heteroatoms. The van der Waals surface area contributed by atoms with E-state index in [1.165, 1.54) is 0 Å². The van der Waals surface area contributed by atoms with Gasteiger partial charge in [-0.05, 0) is 23.8 Å². The van der Waals surface area contributed by atoms with Crippen molar-refractivity contribution < 1.29 is 10.2 Å². The van der Waals surface area contributed by atoms with E-state index in [2.05, 4.69) is 27.0 Å². The molecule has 0 aromatic rings. The van der Waals surface area contributed by atoms with Gasteiger partial charge in [0.2, 0.25) is 0 Å². The van der Waals surface area contributed by atoms with Gasteiger partial charge in [0.05, 0.1) is 5.76 Å². The third-order valence-electron chi connectivity index (χ3n) is 3.48. The topological polar surface area (TPSA) is 43.7 Å². The fourth-order valence-corrected chi connectivity index (χ4v) is 2.14. The second kappa shape index (κ2) is 10.1. The summed E-state index contributed by atoms with van der Waals surface area (Å²) >= 11 is 0. The first kappa shape index (κ1) is 20.4. The number of aliphatic hydroxyl groups excluding tert-OH is 2. The highest BCUT2D eigenvalue weighted by Crippen LogP contribution is 2.20. The van der Waals surface area contributed by atoms with Crippen LogP contribution in [0.1, 0.15) is 47.5 Å². The van der Waals surface area contributed by atoms with E-state index in [9.17, 15) is 10.2 Å². The Morgan fingerprint density at radius 3 is 2.18 bits per heavy atom. The predicted molar refractivity (Wildman–Crippen MR) is 95.9 cm³/mol. The second-order valence-electron chi connectivity index (χ2n) is 6.37. The van der Waals surface area contributed by atoms with Crippen molar-refractivity contribution >= 4 is 0 Å². The third kappa shape index (κ3) is 7.39. The minimum Gasteiger partial charge on any atom is -0.512 e. The lowest BCUT2D eigenvalue weighted by molar-refractivity contribution is 0.185. The van der Waals surface area contributed by atoms with Gasteiger partial charge < -0.3 is 15.1 Å². The molecule has 0 saturated heterocycles. The summed E-state index contributed by atoms with van der Waals surface area (Å²) in [5.74, 6) is 1.13. The Bertz CT molecular complexity index is 431. The maximum atomic E-state index is 10.5. The van der Waals surface area contributed by atoms with E-state index in [1.807, 2.05) is 25.7 Å². The highest BCUT2D eigenvalue weighted by molar-refractivity contribution is 5.25. The van der Waals surface area contributed by atoms with E-state index in [4.69, 9.17) is 0 Å². The molecule has 0 aromatic carbocycles. The molecule has 3 nitrogen and oxygen atoms in total. The quantitative estimate of drug-likeness (QED) is 0.422. The summed E-state index contributed by atoms with van der Waals surface area (Å²) in [5, 5.41) is 20.5. The Kier molecular flexibility index (Phi) is 9.39. The van der Waals surface area contributed by atoms with Crippen LogP contribution in [0.5, 0.6) is 0 Å². The van der Waals surface area contributed by atoms with Crippen molar-refractivity contribution in [2.45, 2.75) is 47.5 Å². The molecule has 0 saturated carbocycles. The molecule has 0 rings (SSSR count). The predicted octanol–water partition coefficient (Wildman–Crippen LogP) is 5.35.